The van der Waals surface area contributed by atoms with E-state index in [1.807, 2.05) is 44.2 Å². The first-order chi connectivity index (χ1) is 20.6. The molecule has 2 aromatic carbocycles. The summed E-state index contributed by atoms with van der Waals surface area (Å²) in [6.07, 6.45) is 2.50. The fraction of sp³-hybridized carbons (Fsp3) is 0.606. The highest BCUT2D eigenvalue weighted by Crippen LogP contribution is 2.47. The summed E-state index contributed by atoms with van der Waals surface area (Å²) in [6.45, 7) is 4.70. The van der Waals surface area contributed by atoms with Gasteiger partial charge in [0.25, 0.3) is 0 Å². The molecule has 2 unspecified atom stereocenters. The van der Waals surface area contributed by atoms with E-state index in [0.717, 1.165) is 31.4 Å². The Hall–Kier alpha value is -2.50. The Morgan fingerprint density at radius 1 is 1.05 bits per heavy atom. The number of nitrogens with zero attached hydrogens (tertiary/aromatic N) is 1. The van der Waals surface area contributed by atoms with Crippen molar-refractivity contribution < 1.29 is 37.3 Å². The van der Waals surface area contributed by atoms with Gasteiger partial charge in [-0.05, 0) is 67.3 Å². The number of hydrogen-bond donors (Lipinski definition) is 1. The largest absolute Gasteiger partial charge is 0.497 e. The maximum Gasteiger partial charge on any atom is 0.306 e. The number of hydrogen-bond acceptors (Lipinski definition) is 8. The van der Waals surface area contributed by atoms with E-state index in [1.54, 1.807) is 12.1 Å². The van der Waals surface area contributed by atoms with E-state index in [0.29, 0.717) is 30.4 Å². The maximum atomic E-state index is 13.7. The van der Waals surface area contributed by atoms with E-state index < -0.39 is 22.0 Å². The van der Waals surface area contributed by atoms with Gasteiger partial charge in [0.1, 0.15) is 11.9 Å². The molecule has 2 saturated heterocycles. The fourth-order valence-electron chi connectivity index (χ4n) is 6.84. The predicted molar refractivity (Wildman–Crippen MR) is 161 cm³/mol. The molecule has 236 valence electrons. The Bertz CT molecular complexity index is 1300. The van der Waals surface area contributed by atoms with Crippen molar-refractivity contribution in [2.45, 2.75) is 81.9 Å². The molecule has 0 spiro atoms. The topological polar surface area (TPSA) is 112 Å². The highest BCUT2D eigenvalue weighted by Gasteiger charge is 2.51. The van der Waals surface area contributed by atoms with Crippen LogP contribution in [0.25, 0.3) is 0 Å². The summed E-state index contributed by atoms with van der Waals surface area (Å²) in [6, 6.07) is 15.9. The Labute approximate surface area is 255 Å². The van der Waals surface area contributed by atoms with Gasteiger partial charge >= 0.3 is 5.97 Å². The van der Waals surface area contributed by atoms with Crippen molar-refractivity contribution in [2.75, 3.05) is 26.8 Å². The zero-order valence-electron chi connectivity index (χ0n) is 25.3. The molecule has 5 rings (SSSR count). The van der Waals surface area contributed by atoms with Crippen molar-refractivity contribution in [1.29, 1.82) is 0 Å². The average Bonchev–Trinajstić information content (AvgIpc) is 3.54. The van der Waals surface area contributed by atoms with Gasteiger partial charge in [0, 0.05) is 38.0 Å². The van der Waals surface area contributed by atoms with Gasteiger partial charge in [0.05, 0.1) is 30.6 Å². The molecule has 43 heavy (non-hydrogen) atoms. The van der Waals surface area contributed by atoms with Crippen molar-refractivity contribution in [3.05, 3.63) is 60.2 Å². The normalized spacial score (nSPS) is 26.6. The van der Waals surface area contributed by atoms with Crippen LogP contribution in [0.3, 0.4) is 0 Å². The van der Waals surface area contributed by atoms with E-state index >= 15 is 0 Å². The molecule has 1 saturated carbocycles. The first-order valence-corrected chi connectivity index (χ1v) is 16.9. The molecule has 2 heterocycles. The Morgan fingerprint density at radius 3 is 2.49 bits per heavy atom. The molecule has 0 bridgehead atoms. The second kappa shape index (κ2) is 14.1. The number of sulfonamides is 1. The molecule has 2 aromatic rings. The van der Waals surface area contributed by atoms with Crippen LogP contribution in [0.1, 0.15) is 51.5 Å². The Kier molecular flexibility index (Phi) is 10.4. The van der Waals surface area contributed by atoms with Crippen LogP contribution < -0.4 is 4.74 Å². The van der Waals surface area contributed by atoms with E-state index in [1.165, 1.54) is 23.5 Å². The van der Waals surface area contributed by atoms with Crippen LogP contribution in [0.15, 0.2) is 59.5 Å². The van der Waals surface area contributed by atoms with Crippen molar-refractivity contribution in [1.82, 2.24) is 4.31 Å². The standard InChI is InChI=1S/C33H45NO8S/c1-22(2)20-34(43(37,38)27-13-11-25(39-3)12-14-27)21-30(35)24(16-23-8-5-4-6-9-23)17-32(36)41-26-18-29-28-10-7-15-40-33(28)42-31(29)19-26/h4-6,8-9,11-14,22,24,26,28-31,33,35H,7,10,15-21H2,1-3H3/t24-,26+,28?,29+,30-,31+,33?/m1/s1. The molecule has 9 nitrogen and oxygen atoms in total. The zero-order chi connectivity index (χ0) is 30.6. The molecule has 7 atom stereocenters. The molecule has 1 N–H and O–H groups in total. The highest BCUT2D eigenvalue weighted by molar-refractivity contribution is 7.89. The minimum absolute atomic E-state index is 0.0178. The van der Waals surface area contributed by atoms with E-state index in [-0.39, 0.29) is 54.8 Å². The van der Waals surface area contributed by atoms with E-state index in [9.17, 15) is 18.3 Å². The summed E-state index contributed by atoms with van der Waals surface area (Å²) in [7, 11) is -2.39. The van der Waals surface area contributed by atoms with Gasteiger partial charge in [-0.15, -0.1) is 0 Å². The van der Waals surface area contributed by atoms with Crippen LogP contribution in [-0.2, 0) is 35.4 Å². The van der Waals surface area contributed by atoms with Crippen molar-refractivity contribution >= 4 is 16.0 Å². The molecular weight excluding hydrogens is 570 g/mol. The van der Waals surface area contributed by atoms with E-state index in [2.05, 4.69) is 0 Å². The highest BCUT2D eigenvalue weighted by atomic mass is 32.2. The van der Waals surface area contributed by atoms with Gasteiger partial charge in [-0.2, -0.15) is 4.31 Å². The molecule has 0 aromatic heterocycles. The average molecular weight is 616 g/mol. The number of rotatable bonds is 13. The summed E-state index contributed by atoms with van der Waals surface area (Å²) in [5.41, 5.74) is 0.958. The number of carbonyl (C=O) groups excluding carboxylic acids is 1. The summed E-state index contributed by atoms with van der Waals surface area (Å²) in [5.74, 6) is 0.353. The number of methoxy groups -OCH3 is 1. The monoisotopic (exact) mass is 615 g/mol. The molecule has 1 aliphatic carbocycles. The van der Waals surface area contributed by atoms with Crippen LogP contribution >= 0.6 is 0 Å². The van der Waals surface area contributed by atoms with E-state index in [4.69, 9.17) is 18.9 Å². The SMILES string of the molecule is COc1ccc(S(=O)(=O)N(CC(C)C)C[C@@H](O)[C@@H](CC(=O)O[C@@H]2C[C@@H]3OC4OCCCC4[C@@H]3C2)Cc2ccccc2)cc1. The van der Waals surface area contributed by atoms with Gasteiger partial charge in [-0.25, -0.2) is 8.42 Å². The number of aliphatic hydroxyl groups is 1. The second-order valence-electron chi connectivity index (χ2n) is 12.6. The van der Waals surface area contributed by atoms with Crippen molar-refractivity contribution in [3.8, 4) is 5.75 Å². The minimum Gasteiger partial charge on any atom is -0.497 e. The number of fused-ring (bicyclic) bond motifs is 3. The lowest BCUT2D eigenvalue weighted by atomic mass is 9.86. The lowest BCUT2D eigenvalue weighted by Crippen LogP contribution is -2.43. The molecule has 10 heteroatoms. The summed E-state index contributed by atoms with van der Waals surface area (Å²) in [5, 5.41) is 11.5. The summed E-state index contributed by atoms with van der Waals surface area (Å²) < 4.78 is 51.8. The smallest absolute Gasteiger partial charge is 0.306 e. The van der Waals surface area contributed by atoms with Gasteiger partial charge < -0.3 is 24.1 Å². The predicted octanol–water partition coefficient (Wildman–Crippen LogP) is 4.43. The van der Waals surface area contributed by atoms with Crippen LogP contribution in [0, 0.1) is 23.7 Å². The lowest BCUT2D eigenvalue weighted by Gasteiger charge is -2.30. The Balaban J connectivity index is 1.27. The first kappa shape index (κ1) is 31.9. The molecule has 0 radical (unpaired) electrons. The van der Waals surface area contributed by atoms with Gasteiger partial charge in [-0.3, -0.25) is 4.79 Å². The van der Waals surface area contributed by atoms with Crippen LogP contribution in [-0.4, -0.2) is 75.2 Å². The molecule has 0 amide bonds. The number of benzene rings is 2. The lowest BCUT2D eigenvalue weighted by molar-refractivity contribution is -0.173. The summed E-state index contributed by atoms with van der Waals surface area (Å²) >= 11 is 0. The quantitative estimate of drug-likeness (QED) is 0.330. The third kappa shape index (κ3) is 7.78. The molecule has 2 aliphatic heterocycles. The third-order valence-corrected chi connectivity index (χ3v) is 10.8. The number of esters is 1. The second-order valence-corrected chi connectivity index (χ2v) is 14.5. The number of ether oxygens (including phenoxy) is 4. The maximum absolute atomic E-state index is 13.7. The van der Waals surface area contributed by atoms with Crippen molar-refractivity contribution in [2.24, 2.45) is 23.7 Å². The summed E-state index contributed by atoms with van der Waals surface area (Å²) in [4.78, 5) is 13.4. The van der Waals surface area contributed by atoms with Crippen LogP contribution in [0.4, 0.5) is 0 Å². The molecule has 3 aliphatic rings. The third-order valence-electron chi connectivity index (χ3n) is 8.95. The molecule has 3 fully saturated rings. The number of aliphatic hydroxyl groups excluding tert-OH is 1. The van der Waals surface area contributed by atoms with Gasteiger partial charge in [0.2, 0.25) is 10.0 Å². The van der Waals surface area contributed by atoms with Crippen LogP contribution in [0.2, 0.25) is 0 Å². The zero-order valence-corrected chi connectivity index (χ0v) is 26.2. The fourth-order valence-corrected chi connectivity index (χ4v) is 8.46. The minimum atomic E-state index is -3.91. The first-order valence-electron chi connectivity index (χ1n) is 15.5. The van der Waals surface area contributed by atoms with Gasteiger partial charge in [-0.1, -0.05) is 44.2 Å². The van der Waals surface area contributed by atoms with Gasteiger partial charge in [0.15, 0.2) is 6.29 Å². The molecular formula is C33H45NO8S. The number of carbonyl (C=O) groups is 1. The van der Waals surface area contributed by atoms with Crippen molar-refractivity contribution in [3.63, 3.8) is 0 Å². The Morgan fingerprint density at radius 2 is 1.79 bits per heavy atom. The van der Waals surface area contributed by atoms with Crippen LogP contribution in [0.5, 0.6) is 5.75 Å².